The molecule has 0 rings (SSSR count). The molecule has 0 aliphatic rings. The summed E-state index contributed by atoms with van der Waals surface area (Å²) in [7, 11) is 0. The smallest absolute Gasteiger partial charge is 0.0259 e. The van der Waals surface area contributed by atoms with E-state index >= 15 is 0 Å². The number of hydrazine groups is 1. The van der Waals surface area contributed by atoms with Gasteiger partial charge < -0.3 is 0 Å². The van der Waals surface area contributed by atoms with Crippen LogP contribution in [0.15, 0.2) is 0 Å². The molecule has 0 heterocycles. The van der Waals surface area contributed by atoms with Gasteiger partial charge in [-0.2, -0.15) is 5.54 Å². The standard InChI is InChI=1S/C8H20FN3/c9-11-7-5-3-1-2-4-6-8-12-10/h11-12H,1-8,10H2. The molecule has 0 aromatic carbocycles. The van der Waals surface area contributed by atoms with Gasteiger partial charge in [-0.1, -0.05) is 25.7 Å². The maximum absolute atomic E-state index is 11.4. The molecule has 0 aliphatic carbocycles. The Morgan fingerprint density at radius 2 is 1.33 bits per heavy atom. The van der Waals surface area contributed by atoms with Gasteiger partial charge in [-0.25, -0.2) is 0 Å². The molecule has 0 saturated heterocycles. The summed E-state index contributed by atoms with van der Waals surface area (Å²) in [5, 5.41) is 0. The normalized spacial score (nSPS) is 10.5. The van der Waals surface area contributed by atoms with Crippen LogP contribution in [0.2, 0.25) is 0 Å². The monoisotopic (exact) mass is 177 g/mol. The van der Waals surface area contributed by atoms with Crippen LogP contribution in [0.3, 0.4) is 0 Å². The van der Waals surface area contributed by atoms with E-state index < -0.39 is 0 Å². The Labute approximate surface area is 73.8 Å². The summed E-state index contributed by atoms with van der Waals surface area (Å²) in [5.41, 5.74) is 4.27. The molecule has 0 unspecified atom stereocenters. The summed E-state index contributed by atoms with van der Waals surface area (Å²) in [5.74, 6) is 5.11. The van der Waals surface area contributed by atoms with Crippen LogP contribution in [0.1, 0.15) is 38.5 Å². The minimum Gasteiger partial charge on any atom is -0.271 e. The number of nitrogens with two attached hydrogens (primary N) is 1. The third-order valence-electron chi connectivity index (χ3n) is 1.84. The van der Waals surface area contributed by atoms with Crippen LogP contribution in [-0.2, 0) is 0 Å². The predicted molar refractivity (Wildman–Crippen MR) is 49.0 cm³/mol. The second kappa shape index (κ2) is 10.8. The van der Waals surface area contributed by atoms with Crippen molar-refractivity contribution in [3.8, 4) is 0 Å². The van der Waals surface area contributed by atoms with E-state index in [1.54, 1.807) is 5.54 Å². The number of hydrogen-bond donors (Lipinski definition) is 3. The van der Waals surface area contributed by atoms with Gasteiger partial charge in [-0.05, 0) is 12.8 Å². The second-order valence-corrected chi connectivity index (χ2v) is 2.96. The van der Waals surface area contributed by atoms with Gasteiger partial charge in [0.2, 0.25) is 0 Å². The fourth-order valence-electron chi connectivity index (χ4n) is 1.13. The van der Waals surface area contributed by atoms with Crippen molar-refractivity contribution in [3.05, 3.63) is 0 Å². The van der Waals surface area contributed by atoms with Crippen LogP contribution in [-0.4, -0.2) is 13.1 Å². The topological polar surface area (TPSA) is 50.1 Å². The van der Waals surface area contributed by atoms with Crippen LogP contribution >= 0.6 is 0 Å². The molecule has 4 N–H and O–H groups in total. The van der Waals surface area contributed by atoms with E-state index in [4.69, 9.17) is 5.84 Å². The third-order valence-corrected chi connectivity index (χ3v) is 1.84. The van der Waals surface area contributed by atoms with Crippen LogP contribution in [0.4, 0.5) is 4.48 Å². The zero-order valence-electron chi connectivity index (χ0n) is 7.61. The molecule has 0 aliphatic heterocycles. The zero-order valence-corrected chi connectivity index (χ0v) is 7.61. The Morgan fingerprint density at radius 1 is 0.833 bits per heavy atom. The Balaban J connectivity index is 2.73. The predicted octanol–water partition coefficient (Wildman–Crippen LogP) is 1.26. The quantitative estimate of drug-likeness (QED) is 0.215. The van der Waals surface area contributed by atoms with E-state index in [-0.39, 0.29) is 0 Å². The number of unbranched alkanes of at least 4 members (excludes halogenated alkanes) is 5. The number of nitrogens with one attached hydrogen (secondary N) is 2. The Bertz CT molecular complexity index is 70.7. The average molecular weight is 177 g/mol. The van der Waals surface area contributed by atoms with Gasteiger partial charge >= 0.3 is 0 Å². The SMILES string of the molecule is NNCCCCCCCCNF. The number of hydrogen-bond acceptors (Lipinski definition) is 3. The van der Waals surface area contributed by atoms with Gasteiger partial charge in [0, 0.05) is 13.1 Å². The molecule has 0 amide bonds. The lowest BCUT2D eigenvalue weighted by atomic mass is 10.1. The summed E-state index contributed by atoms with van der Waals surface area (Å²) in [6, 6.07) is 0. The van der Waals surface area contributed by atoms with E-state index in [1.807, 2.05) is 0 Å². The number of halogens is 1. The van der Waals surface area contributed by atoms with Crippen molar-refractivity contribution < 1.29 is 4.48 Å². The van der Waals surface area contributed by atoms with Crippen LogP contribution in [0, 0.1) is 0 Å². The Kier molecular flexibility index (Phi) is 10.6. The minimum absolute atomic E-state index is 0.490. The van der Waals surface area contributed by atoms with Gasteiger partial charge in [0.25, 0.3) is 0 Å². The largest absolute Gasteiger partial charge is 0.271 e. The first-order valence-electron chi connectivity index (χ1n) is 4.68. The summed E-state index contributed by atoms with van der Waals surface area (Å²) in [6.45, 7) is 1.39. The first kappa shape index (κ1) is 11.8. The first-order valence-corrected chi connectivity index (χ1v) is 4.68. The fraction of sp³-hybridized carbons (Fsp3) is 1.00. The lowest BCUT2D eigenvalue weighted by molar-refractivity contribution is 0.327. The van der Waals surface area contributed by atoms with Crippen LogP contribution < -0.4 is 16.8 Å². The minimum atomic E-state index is 0.490. The third kappa shape index (κ3) is 9.81. The van der Waals surface area contributed by atoms with Gasteiger partial charge in [0.05, 0.1) is 0 Å². The highest BCUT2D eigenvalue weighted by Crippen LogP contribution is 2.03. The lowest BCUT2D eigenvalue weighted by Crippen LogP contribution is -2.22. The van der Waals surface area contributed by atoms with Crippen molar-refractivity contribution in [3.63, 3.8) is 0 Å². The van der Waals surface area contributed by atoms with Crippen LogP contribution in [0.5, 0.6) is 0 Å². The molecule has 3 nitrogen and oxygen atoms in total. The van der Waals surface area contributed by atoms with Gasteiger partial charge in [-0.15, -0.1) is 4.48 Å². The van der Waals surface area contributed by atoms with E-state index in [2.05, 4.69) is 5.43 Å². The highest BCUT2D eigenvalue weighted by atomic mass is 19.2. The maximum atomic E-state index is 11.4. The fourth-order valence-corrected chi connectivity index (χ4v) is 1.13. The molecule has 0 aromatic heterocycles. The van der Waals surface area contributed by atoms with E-state index in [1.165, 1.54) is 19.3 Å². The molecule has 4 heteroatoms. The van der Waals surface area contributed by atoms with Crippen molar-refractivity contribution in [2.75, 3.05) is 13.1 Å². The van der Waals surface area contributed by atoms with Crippen molar-refractivity contribution in [2.24, 2.45) is 5.84 Å². The molecule has 74 valence electrons. The molecule has 0 bridgehead atoms. The summed E-state index contributed by atoms with van der Waals surface area (Å²) >= 11 is 0. The van der Waals surface area contributed by atoms with Gasteiger partial charge in [0.1, 0.15) is 0 Å². The summed E-state index contributed by atoms with van der Waals surface area (Å²) < 4.78 is 11.4. The van der Waals surface area contributed by atoms with Crippen LogP contribution in [0.25, 0.3) is 0 Å². The average Bonchev–Trinajstić information content (AvgIpc) is 2.10. The van der Waals surface area contributed by atoms with Crippen molar-refractivity contribution in [2.45, 2.75) is 38.5 Å². The molecular weight excluding hydrogens is 157 g/mol. The molecule has 12 heavy (non-hydrogen) atoms. The van der Waals surface area contributed by atoms with E-state index in [0.29, 0.717) is 6.54 Å². The molecule has 0 spiro atoms. The number of rotatable bonds is 9. The van der Waals surface area contributed by atoms with Gasteiger partial charge in [0.15, 0.2) is 0 Å². The molecule has 0 aromatic rings. The van der Waals surface area contributed by atoms with Gasteiger partial charge in [-0.3, -0.25) is 11.3 Å². The van der Waals surface area contributed by atoms with E-state index in [0.717, 1.165) is 25.8 Å². The summed E-state index contributed by atoms with van der Waals surface area (Å²) in [4.78, 5) is 0. The zero-order chi connectivity index (χ0) is 9.07. The molecule has 0 radical (unpaired) electrons. The molecule has 0 fully saturated rings. The molecule has 0 atom stereocenters. The van der Waals surface area contributed by atoms with Crippen molar-refractivity contribution >= 4 is 0 Å². The van der Waals surface area contributed by atoms with Crippen molar-refractivity contribution in [1.82, 2.24) is 11.0 Å². The highest BCUT2D eigenvalue weighted by molar-refractivity contribution is 4.46. The maximum Gasteiger partial charge on any atom is 0.0259 e. The molecule has 0 saturated carbocycles. The summed E-state index contributed by atoms with van der Waals surface area (Å²) in [6.07, 6.45) is 6.84. The second-order valence-electron chi connectivity index (χ2n) is 2.96. The van der Waals surface area contributed by atoms with E-state index in [9.17, 15) is 4.48 Å². The molecular formula is C8H20FN3. The highest BCUT2D eigenvalue weighted by Gasteiger charge is 1.90. The lowest BCUT2D eigenvalue weighted by Gasteiger charge is -2.00. The Hall–Kier alpha value is -0.190. The van der Waals surface area contributed by atoms with Crippen molar-refractivity contribution in [1.29, 1.82) is 0 Å². The Morgan fingerprint density at radius 3 is 1.83 bits per heavy atom. The first-order chi connectivity index (χ1) is 5.91.